The molecule has 0 aromatic heterocycles. The number of para-hydroxylation sites is 2. The van der Waals surface area contributed by atoms with Crippen LogP contribution in [-0.4, -0.2) is 25.1 Å². The van der Waals surface area contributed by atoms with Gasteiger partial charge in [-0.15, -0.1) is 0 Å². The van der Waals surface area contributed by atoms with E-state index in [0.29, 0.717) is 6.07 Å². The van der Waals surface area contributed by atoms with Crippen molar-refractivity contribution in [1.82, 2.24) is 0 Å². The van der Waals surface area contributed by atoms with Crippen molar-refractivity contribution in [2.75, 3.05) is 11.9 Å². The topological polar surface area (TPSA) is 64.6 Å². The molecule has 2 aromatic rings. The Morgan fingerprint density at radius 1 is 1.07 bits per heavy atom. The second-order valence-corrected chi connectivity index (χ2v) is 5.57. The van der Waals surface area contributed by atoms with Gasteiger partial charge in [0, 0.05) is 0 Å². The molecule has 11 heteroatoms. The zero-order valence-electron chi connectivity index (χ0n) is 13.7. The van der Waals surface area contributed by atoms with Crippen LogP contribution in [0, 0.1) is 0 Å². The molecule has 0 aliphatic heterocycles. The van der Waals surface area contributed by atoms with Gasteiger partial charge in [0.05, 0.1) is 16.3 Å². The molecule has 2 aromatic carbocycles. The van der Waals surface area contributed by atoms with Crippen molar-refractivity contribution in [2.24, 2.45) is 0 Å². The monoisotopic (exact) mass is 423 g/mol. The van der Waals surface area contributed by atoms with Gasteiger partial charge in [-0.1, -0.05) is 29.8 Å². The third-order valence-corrected chi connectivity index (χ3v) is 3.56. The zero-order valence-corrected chi connectivity index (χ0v) is 14.5. The Balaban J connectivity index is 2.08. The van der Waals surface area contributed by atoms with E-state index in [1.807, 2.05) is 5.32 Å². The average molecular weight is 424 g/mol. The van der Waals surface area contributed by atoms with Crippen LogP contribution in [0.25, 0.3) is 0 Å². The number of esters is 1. The molecule has 0 bridgehead atoms. The second-order valence-electron chi connectivity index (χ2n) is 5.16. The summed E-state index contributed by atoms with van der Waals surface area (Å²) in [7, 11) is 0. The lowest BCUT2D eigenvalue weighted by molar-refractivity contribution is -0.137. The quantitative estimate of drug-likeness (QED) is 0.537. The number of carbonyl (C=O) groups is 2. The van der Waals surface area contributed by atoms with Crippen LogP contribution >= 0.6 is 11.6 Å². The fourth-order valence-corrected chi connectivity index (χ4v) is 2.33. The molecule has 0 aliphatic rings. The SMILES string of the molecule is O=C(COC(=O)c1ccccc1OC(F)F)Nc1c(Cl)cccc1C(F)(F)F. The first-order valence-electron chi connectivity index (χ1n) is 7.46. The molecule has 0 heterocycles. The molecule has 0 saturated heterocycles. The Morgan fingerprint density at radius 3 is 2.39 bits per heavy atom. The third kappa shape index (κ3) is 5.56. The van der Waals surface area contributed by atoms with E-state index in [9.17, 15) is 31.5 Å². The Morgan fingerprint density at radius 2 is 1.75 bits per heavy atom. The van der Waals surface area contributed by atoms with Crippen molar-refractivity contribution in [3.05, 3.63) is 58.6 Å². The fourth-order valence-electron chi connectivity index (χ4n) is 2.11. The molecule has 1 amide bonds. The summed E-state index contributed by atoms with van der Waals surface area (Å²) in [5, 5.41) is 1.55. The Labute approximate surface area is 160 Å². The first kappa shape index (κ1) is 21.4. The maximum Gasteiger partial charge on any atom is 0.418 e. The van der Waals surface area contributed by atoms with Crippen LogP contribution in [0.15, 0.2) is 42.5 Å². The van der Waals surface area contributed by atoms with Gasteiger partial charge in [0.1, 0.15) is 11.3 Å². The molecule has 5 nitrogen and oxygen atoms in total. The highest BCUT2D eigenvalue weighted by Crippen LogP contribution is 2.38. The van der Waals surface area contributed by atoms with Gasteiger partial charge in [-0.25, -0.2) is 4.79 Å². The molecular formula is C17H11ClF5NO4. The number of ether oxygens (including phenoxy) is 2. The van der Waals surface area contributed by atoms with Crippen molar-refractivity contribution in [2.45, 2.75) is 12.8 Å². The van der Waals surface area contributed by atoms with E-state index in [1.165, 1.54) is 12.1 Å². The highest BCUT2D eigenvalue weighted by molar-refractivity contribution is 6.34. The van der Waals surface area contributed by atoms with E-state index < -0.39 is 48.3 Å². The maximum absolute atomic E-state index is 13.0. The third-order valence-electron chi connectivity index (χ3n) is 3.24. The normalized spacial score (nSPS) is 11.2. The minimum Gasteiger partial charge on any atom is -0.452 e. The van der Waals surface area contributed by atoms with Gasteiger partial charge in [0.25, 0.3) is 5.91 Å². The minimum atomic E-state index is -4.78. The predicted octanol–water partition coefficient (Wildman–Crippen LogP) is 4.76. The van der Waals surface area contributed by atoms with Crippen LogP contribution in [0.1, 0.15) is 15.9 Å². The molecule has 0 aliphatic carbocycles. The van der Waals surface area contributed by atoms with Crippen molar-refractivity contribution in [3.8, 4) is 5.75 Å². The fraction of sp³-hybridized carbons (Fsp3) is 0.176. The summed E-state index contributed by atoms with van der Waals surface area (Å²) in [5.74, 6) is -2.77. The van der Waals surface area contributed by atoms with Crippen molar-refractivity contribution in [1.29, 1.82) is 0 Å². The van der Waals surface area contributed by atoms with Crippen LogP contribution in [0.3, 0.4) is 0 Å². The summed E-state index contributed by atoms with van der Waals surface area (Å²) in [6.07, 6.45) is -4.78. The van der Waals surface area contributed by atoms with Crippen LogP contribution in [0.4, 0.5) is 27.6 Å². The van der Waals surface area contributed by atoms with Gasteiger partial charge in [-0.2, -0.15) is 22.0 Å². The summed E-state index contributed by atoms with van der Waals surface area (Å²) >= 11 is 5.70. The Bertz CT molecular complexity index is 873. The number of hydrogen-bond donors (Lipinski definition) is 1. The predicted molar refractivity (Wildman–Crippen MR) is 88.4 cm³/mol. The van der Waals surface area contributed by atoms with Crippen molar-refractivity contribution < 1.29 is 41.0 Å². The lowest BCUT2D eigenvalue weighted by Gasteiger charge is -2.15. The lowest BCUT2D eigenvalue weighted by Crippen LogP contribution is -2.23. The summed E-state index contributed by atoms with van der Waals surface area (Å²) in [6.45, 7) is -4.18. The highest BCUT2D eigenvalue weighted by atomic mass is 35.5. The number of amides is 1. The minimum absolute atomic E-state index is 0.370. The number of benzene rings is 2. The highest BCUT2D eigenvalue weighted by Gasteiger charge is 2.34. The second kappa shape index (κ2) is 8.87. The van der Waals surface area contributed by atoms with E-state index in [1.54, 1.807) is 0 Å². The molecule has 0 radical (unpaired) electrons. The molecule has 0 spiro atoms. The van der Waals surface area contributed by atoms with Gasteiger partial charge in [0.15, 0.2) is 6.61 Å². The summed E-state index contributed by atoms with van der Waals surface area (Å²) < 4.78 is 72.5. The van der Waals surface area contributed by atoms with Crippen LogP contribution in [-0.2, 0) is 15.7 Å². The van der Waals surface area contributed by atoms with E-state index in [2.05, 4.69) is 9.47 Å². The van der Waals surface area contributed by atoms with Crippen molar-refractivity contribution in [3.63, 3.8) is 0 Å². The molecule has 28 heavy (non-hydrogen) atoms. The summed E-state index contributed by atoms with van der Waals surface area (Å²) in [6, 6.07) is 7.78. The number of hydrogen-bond acceptors (Lipinski definition) is 4. The number of nitrogens with one attached hydrogen (secondary N) is 1. The first-order chi connectivity index (χ1) is 13.1. The van der Waals surface area contributed by atoms with E-state index >= 15 is 0 Å². The van der Waals surface area contributed by atoms with E-state index in [0.717, 1.165) is 24.3 Å². The molecule has 0 saturated carbocycles. The van der Waals surface area contributed by atoms with Crippen molar-refractivity contribution >= 4 is 29.2 Å². The molecular weight excluding hydrogens is 413 g/mol. The maximum atomic E-state index is 13.0. The van der Waals surface area contributed by atoms with Gasteiger partial charge in [-0.05, 0) is 24.3 Å². The van der Waals surface area contributed by atoms with Crippen LogP contribution in [0.2, 0.25) is 5.02 Å². The van der Waals surface area contributed by atoms with Gasteiger partial charge >= 0.3 is 18.8 Å². The smallest absolute Gasteiger partial charge is 0.418 e. The van der Waals surface area contributed by atoms with Gasteiger partial charge in [-0.3, -0.25) is 4.79 Å². The largest absolute Gasteiger partial charge is 0.452 e. The van der Waals surface area contributed by atoms with E-state index in [-0.39, 0.29) is 10.6 Å². The molecule has 150 valence electrons. The molecule has 0 fully saturated rings. The number of anilines is 1. The number of carbonyl (C=O) groups excluding carboxylic acids is 2. The summed E-state index contributed by atoms with van der Waals surface area (Å²) in [5.41, 5.74) is -2.26. The van der Waals surface area contributed by atoms with Crippen LogP contribution in [0.5, 0.6) is 5.75 Å². The molecule has 1 N–H and O–H groups in total. The molecule has 2 rings (SSSR count). The average Bonchev–Trinajstić information content (AvgIpc) is 2.60. The standard InChI is InChI=1S/C17H11ClF5NO4/c18-11-6-3-5-10(17(21,22)23)14(11)24-13(25)8-27-15(26)9-4-1-2-7-12(9)28-16(19)20/h1-7,16H,8H2,(H,24,25). The molecule has 0 unspecified atom stereocenters. The number of alkyl halides is 5. The lowest BCUT2D eigenvalue weighted by atomic mass is 10.1. The summed E-state index contributed by atoms with van der Waals surface area (Å²) in [4.78, 5) is 23.8. The van der Waals surface area contributed by atoms with E-state index in [4.69, 9.17) is 11.6 Å². The van der Waals surface area contributed by atoms with Gasteiger partial charge < -0.3 is 14.8 Å². The number of rotatable bonds is 6. The zero-order chi connectivity index (χ0) is 20.9. The molecule has 0 atom stereocenters. The Kier molecular flexibility index (Phi) is 6.79. The Hall–Kier alpha value is -2.88. The first-order valence-corrected chi connectivity index (χ1v) is 7.84. The van der Waals surface area contributed by atoms with Gasteiger partial charge in [0.2, 0.25) is 0 Å². The van der Waals surface area contributed by atoms with Crippen LogP contribution < -0.4 is 10.1 Å². The number of halogens is 6.